The van der Waals surface area contributed by atoms with Gasteiger partial charge in [0.25, 0.3) is 5.91 Å². The van der Waals surface area contributed by atoms with Crippen LogP contribution in [-0.2, 0) is 19.1 Å². The summed E-state index contributed by atoms with van der Waals surface area (Å²) in [6.07, 6.45) is 3.23. The van der Waals surface area contributed by atoms with E-state index in [-0.39, 0.29) is 11.4 Å². The smallest absolute Gasteiger partial charge is 0.408 e. The van der Waals surface area contributed by atoms with Crippen molar-refractivity contribution >= 4 is 35.6 Å². The summed E-state index contributed by atoms with van der Waals surface area (Å²) >= 11 is 1.37. The second-order valence-corrected chi connectivity index (χ2v) is 10.2. The van der Waals surface area contributed by atoms with Gasteiger partial charge in [0.05, 0.1) is 0 Å². The lowest BCUT2D eigenvalue weighted by atomic mass is 10.00. The van der Waals surface area contributed by atoms with Gasteiger partial charge < -0.3 is 25.6 Å². The van der Waals surface area contributed by atoms with Gasteiger partial charge in [0.15, 0.2) is 0 Å². The van der Waals surface area contributed by atoms with Gasteiger partial charge in [-0.15, -0.1) is 11.8 Å². The Hall–Kier alpha value is -3.47. The number of alkyl carbamates (subject to hydrolysis) is 1. The molecule has 3 rings (SSSR count). The van der Waals surface area contributed by atoms with Crippen LogP contribution >= 0.6 is 11.8 Å². The van der Waals surface area contributed by atoms with Crippen molar-refractivity contribution in [2.75, 3.05) is 5.75 Å². The van der Waals surface area contributed by atoms with Gasteiger partial charge in [0, 0.05) is 5.75 Å². The van der Waals surface area contributed by atoms with Crippen molar-refractivity contribution in [2.24, 2.45) is 0 Å². The molecule has 2 unspecified atom stereocenters. The molecule has 0 aromatic heterocycles. The Bertz CT molecular complexity index is 1080. The second-order valence-electron chi connectivity index (χ2n) is 9.10. The van der Waals surface area contributed by atoms with Crippen molar-refractivity contribution in [3.63, 3.8) is 0 Å². The molecule has 11 heteroatoms. The number of thioether (sulfide) groups is 1. The van der Waals surface area contributed by atoms with Crippen LogP contribution in [0.3, 0.4) is 0 Å². The number of carboxylic acid groups (broad SMARTS) is 1. The summed E-state index contributed by atoms with van der Waals surface area (Å²) in [7, 11) is 0. The van der Waals surface area contributed by atoms with E-state index in [0.29, 0.717) is 23.3 Å². The van der Waals surface area contributed by atoms with E-state index >= 15 is 0 Å². The number of aliphatic carboxylic acids is 1. The topological polar surface area (TPSA) is 145 Å². The number of amides is 3. The average molecular weight is 504 g/mol. The predicted octanol–water partition coefficient (Wildman–Crippen LogP) is 2.66. The molecule has 3 atom stereocenters. The Morgan fingerprint density at radius 1 is 1.26 bits per heavy atom. The minimum Gasteiger partial charge on any atom is -0.508 e. The van der Waals surface area contributed by atoms with Crippen LogP contribution in [0.25, 0.3) is 0 Å². The minimum absolute atomic E-state index is 0.0182. The summed E-state index contributed by atoms with van der Waals surface area (Å²) < 4.78 is 5.26. The highest BCUT2D eigenvalue weighted by atomic mass is 32.2. The van der Waals surface area contributed by atoms with Crippen LogP contribution in [0.4, 0.5) is 4.79 Å². The van der Waals surface area contributed by atoms with E-state index in [4.69, 9.17) is 4.74 Å². The van der Waals surface area contributed by atoms with Gasteiger partial charge in [-0.25, -0.2) is 9.59 Å². The number of rotatable bonds is 7. The molecule has 0 spiro atoms. The normalized spacial score (nSPS) is 20.7. The van der Waals surface area contributed by atoms with Crippen molar-refractivity contribution in [3.8, 4) is 5.75 Å². The van der Waals surface area contributed by atoms with Crippen molar-refractivity contribution < 1.29 is 34.1 Å². The molecule has 2 aliphatic rings. The van der Waals surface area contributed by atoms with Crippen molar-refractivity contribution in [1.82, 2.24) is 15.5 Å². The number of allylic oxidation sites excluding steroid dienone is 2. The van der Waals surface area contributed by atoms with Crippen LogP contribution in [0.15, 0.2) is 47.7 Å². The standard InChI is InChI=1S/C24H29N3O7S/c1-5-6-7-14-12-35-21-17(20(30)27(21)18(14)22(31)32)25-19(29)16(13-8-10-15(28)11-9-13)26-23(33)34-24(2,3)4/h5-6,8-11,16-17,21,28H,7,12H2,1-4H3,(H,25,29)(H,26,33)(H,31,32)/t16?,17?,21-/m0/s1. The summed E-state index contributed by atoms with van der Waals surface area (Å²) in [5, 5.41) is 23.9. The molecule has 10 nitrogen and oxygen atoms in total. The maximum atomic E-state index is 13.2. The fourth-order valence-corrected chi connectivity index (χ4v) is 5.09. The maximum Gasteiger partial charge on any atom is 0.408 e. The van der Waals surface area contributed by atoms with E-state index in [1.807, 2.05) is 19.1 Å². The minimum atomic E-state index is -1.21. The first-order valence-corrected chi connectivity index (χ1v) is 12.1. The van der Waals surface area contributed by atoms with E-state index in [1.54, 1.807) is 20.8 Å². The number of nitrogens with zero attached hydrogens (tertiary/aromatic N) is 1. The van der Waals surface area contributed by atoms with E-state index in [2.05, 4.69) is 10.6 Å². The summed E-state index contributed by atoms with van der Waals surface area (Å²) in [5.41, 5.74) is 0.145. The van der Waals surface area contributed by atoms with Gasteiger partial charge in [-0.2, -0.15) is 0 Å². The molecular weight excluding hydrogens is 474 g/mol. The largest absolute Gasteiger partial charge is 0.508 e. The zero-order valence-corrected chi connectivity index (χ0v) is 20.7. The molecule has 2 aliphatic heterocycles. The van der Waals surface area contributed by atoms with E-state index < -0.39 is 46.9 Å². The molecule has 4 N–H and O–H groups in total. The SMILES string of the molecule is CC=CCC1=C(C(=O)O)N2C(=O)C(NC(=O)C(NC(=O)OC(C)(C)C)c3ccc(O)cc3)[C@@H]2SC1. The van der Waals surface area contributed by atoms with Crippen LogP contribution < -0.4 is 10.6 Å². The molecule has 0 radical (unpaired) electrons. The number of ether oxygens (including phenoxy) is 1. The molecule has 2 heterocycles. The van der Waals surface area contributed by atoms with Gasteiger partial charge in [-0.1, -0.05) is 24.3 Å². The van der Waals surface area contributed by atoms with Gasteiger partial charge in [0.1, 0.15) is 34.5 Å². The van der Waals surface area contributed by atoms with E-state index in [1.165, 1.54) is 40.9 Å². The van der Waals surface area contributed by atoms with E-state index in [0.717, 1.165) is 0 Å². The number of benzene rings is 1. The van der Waals surface area contributed by atoms with Crippen LogP contribution in [0.1, 0.15) is 45.7 Å². The van der Waals surface area contributed by atoms with Crippen molar-refractivity contribution in [3.05, 3.63) is 53.3 Å². The fraction of sp³-hybridized carbons (Fsp3) is 0.417. The number of fused-ring (bicyclic) bond motifs is 1. The molecule has 35 heavy (non-hydrogen) atoms. The number of hydrogen-bond acceptors (Lipinski definition) is 7. The number of carboxylic acids is 1. The number of carbonyl (C=O) groups is 4. The maximum absolute atomic E-state index is 13.2. The molecule has 1 saturated heterocycles. The zero-order chi connectivity index (χ0) is 25.9. The quantitative estimate of drug-likeness (QED) is 0.328. The molecule has 3 amide bonds. The number of β-lactam (4-membered cyclic amide) rings is 1. The third-order valence-corrected chi connectivity index (χ3v) is 6.64. The van der Waals surface area contributed by atoms with Gasteiger partial charge in [0.2, 0.25) is 5.91 Å². The summed E-state index contributed by atoms with van der Waals surface area (Å²) in [6, 6.07) is 3.52. The zero-order valence-electron chi connectivity index (χ0n) is 19.9. The first-order valence-electron chi connectivity index (χ1n) is 11.0. The Morgan fingerprint density at radius 3 is 2.49 bits per heavy atom. The predicted molar refractivity (Wildman–Crippen MR) is 129 cm³/mol. The van der Waals surface area contributed by atoms with Gasteiger partial charge in [-0.3, -0.25) is 14.5 Å². The molecule has 1 aromatic carbocycles. The highest BCUT2D eigenvalue weighted by Gasteiger charge is 2.54. The molecule has 1 fully saturated rings. The monoisotopic (exact) mass is 503 g/mol. The summed E-state index contributed by atoms with van der Waals surface area (Å²) in [5.74, 6) is -2.00. The Morgan fingerprint density at radius 2 is 1.91 bits per heavy atom. The van der Waals surface area contributed by atoms with Crippen LogP contribution in [-0.4, -0.2) is 61.8 Å². The summed E-state index contributed by atoms with van der Waals surface area (Å²) in [6.45, 7) is 6.88. The lowest BCUT2D eigenvalue weighted by Crippen LogP contribution is -2.71. The number of hydrogen-bond donors (Lipinski definition) is 4. The first-order chi connectivity index (χ1) is 16.4. The highest BCUT2D eigenvalue weighted by molar-refractivity contribution is 8.00. The van der Waals surface area contributed by atoms with Crippen molar-refractivity contribution in [1.29, 1.82) is 0 Å². The number of carbonyl (C=O) groups excluding carboxylic acids is 3. The Labute approximate surface area is 207 Å². The average Bonchev–Trinajstić information content (AvgIpc) is 2.78. The molecule has 0 bridgehead atoms. The molecular formula is C24H29N3O7S. The first kappa shape index (κ1) is 26.1. The van der Waals surface area contributed by atoms with Gasteiger partial charge >= 0.3 is 12.1 Å². The third-order valence-electron chi connectivity index (χ3n) is 5.30. The summed E-state index contributed by atoms with van der Waals surface area (Å²) in [4.78, 5) is 51.6. The lowest BCUT2D eigenvalue weighted by molar-refractivity contribution is -0.151. The Balaban J connectivity index is 1.80. The molecule has 0 aliphatic carbocycles. The number of phenolic OH excluding ortho intramolecular Hbond substituents is 1. The molecule has 0 saturated carbocycles. The number of nitrogens with one attached hydrogen (secondary N) is 2. The Kier molecular flexibility index (Phi) is 7.79. The van der Waals surface area contributed by atoms with Crippen LogP contribution in [0.5, 0.6) is 5.75 Å². The fourth-order valence-electron chi connectivity index (χ4n) is 3.73. The van der Waals surface area contributed by atoms with Gasteiger partial charge in [-0.05, 0) is 57.4 Å². The third kappa shape index (κ3) is 5.97. The van der Waals surface area contributed by atoms with E-state index in [9.17, 15) is 29.4 Å². The lowest BCUT2D eigenvalue weighted by Gasteiger charge is -2.49. The second kappa shape index (κ2) is 10.4. The number of phenols is 1. The van der Waals surface area contributed by atoms with Crippen LogP contribution in [0.2, 0.25) is 0 Å². The highest BCUT2D eigenvalue weighted by Crippen LogP contribution is 2.41. The molecule has 188 valence electrons. The van der Waals surface area contributed by atoms with Crippen molar-refractivity contribution in [2.45, 2.75) is 57.2 Å². The van der Waals surface area contributed by atoms with Crippen LogP contribution in [0, 0.1) is 0 Å². The molecule has 1 aromatic rings. The number of aromatic hydroxyl groups is 1.